The first-order valence-electron chi connectivity index (χ1n) is 9.00. The van der Waals surface area contributed by atoms with Gasteiger partial charge in [-0.3, -0.25) is 4.79 Å². The Morgan fingerprint density at radius 3 is 2.56 bits per heavy atom. The van der Waals surface area contributed by atoms with Crippen molar-refractivity contribution in [1.82, 2.24) is 13.9 Å². The Hall–Kier alpha value is -1.44. The van der Waals surface area contributed by atoms with E-state index in [0.717, 1.165) is 18.4 Å². The molecule has 1 saturated carbocycles. The molecule has 0 radical (unpaired) electrons. The summed E-state index contributed by atoms with van der Waals surface area (Å²) < 4.78 is 28.8. The zero-order chi connectivity index (χ0) is 17.9. The van der Waals surface area contributed by atoms with E-state index in [9.17, 15) is 13.2 Å². The summed E-state index contributed by atoms with van der Waals surface area (Å²) in [6.07, 6.45) is 5.00. The van der Waals surface area contributed by atoms with Gasteiger partial charge in [0.25, 0.3) is 10.2 Å². The first kappa shape index (κ1) is 18.4. The van der Waals surface area contributed by atoms with Crippen LogP contribution in [0.3, 0.4) is 0 Å². The van der Waals surface area contributed by atoms with Gasteiger partial charge >= 0.3 is 0 Å². The van der Waals surface area contributed by atoms with Crippen LogP contribution in [0.2, 0.25) is 0 Å². The number of amides is 1. The van der Waals surface area contributed by atoms with E-state index >= 15 is 0 Å². The van der Waals surface area contributed by atoms with Gasteiger partial charge in [0.2, 0.25) is 5.91 Å². The highest BCUT2D eigenvalue weighted by atomic mass is 32.2. The van der Waals surface area contributed by atoms with Crippen LogP contribution in [0.1, 0.15) is 37.7 Å². The average Bonchev–Trinajstić information content (AvgIpc) is 3.23. The number of carbonyl (C=O) groups excluding carboxylic acids is 1. The van der Waals surface area contributed by atoms with E-state index in [4.69, 9.17) is 0 Å². The summed E-state index contributed by atoms with van der Waals surface area (Å²) >= 11 is 0. The molecule has 1 saturated heterocycles. The Morgan fingerprint density at radius 1 is 1.20 bits per heavy atom. The number of carbonyl (C=O) groups is 1. The third-order valence-corrected chi connectivity index (χ3v) is 6.70. The van der Waals surface area contributed by atoms with Gasteiger partial charge in [-0.05, 0) is 24.3 Å². The van der Waals surface area contributed by atoms with Crippen LogP contribution in [0.25, 0.3) is 0 Å². The SMILES string of the molecule is CN(Cc1ccccc1)S(=O)(=O)NC[C@@H]1CC(=O)N(C2CCCC2)C1. The van der Waals surface area contributed by atoms with E-state index in [1.807, 2.05) is 35.2 Å². The number of benzene rings is 1. The molecule has 25 heavy (non-hydrogen) atoms. The van der Waals surface area contributed by atoms with Gasteiger partial charge in [-0.1, -0.05) is 43.2 Å². The van der Waals surface area contributed by atoms with Crippen molar-refractivity contribution in [1.29, 1.82) is 0 Å². The number of hydrogen-bond donors (Lipinski definition) is 1. The first-order chi connectivity index (χ1) is 12.0. The minimum Gasteiger partial charge on any atom is -0.339 e. The molecule has 1 atom stereocenters. The highest BCUT2D eigenvalue weighted by molar-refractivity contribution is 7.87. The third kappa shape index (κ3) is 4.59. The molecule has 1 N–H and O–H groups in total. The van der Waals surface area contributed by atoms with Crippen molar-refractivity contribution in [3.63, 3.8) is 0 Å². The quantitative estimate of drug-likeness (QED) is 0.800. The second-order valence-electron chi connectivity index (χ2n) is 7.15. The molecule has 0 spiro atoms. The predicted molar refractivity (Wildman–Crippen MR) is 96.9 cm³/mol. The van der Waals surface area contributed by atoms with E-state index in [1.54, 1.807) is 7.05 Å². The number of hydrogen-bond acceptors (Lipinski definition) is 3. The molecule has 6 nitrogen and oxygen atoms in total. The Bertz CT molecular complexity index is 687. The van der Waals surface area contributed by atoms with Gasteiger partial charge in [0.15, 0.2) is 0 Å². The van der Waals surface area contributed by atoms with Crippen molar-refractivity contribution in [2.24, 2.45) is 5.92 Å². The molecule has 1 aromatic carbocycles. The molecular weight excluding hydrogens is 338 g/mol. The molecule has 138 valence electrons. The Balaban J connectivity index is 1.51. The number of nitrogens with one attached hydrogen (secondary N) is 1. The molecule has 1 aromatic rings. The van der Waals surface area contributed by atoms with Gasteiger partial charge in [-0.25, -0.2) is 4.72 Å². The van der Waals surface area contributed by atoms with Crippen LogP contribution >= 0.6 is 0 Å². The minimum atomic E-state index is -3.55. The molecule has 2 fully saturated rings. The van der Waals surface area contributed by atoms with E-state index < -0.39 is 10.2 Å². The van der Waals surface area contributed by atoms with Gasteiger partial charge in [-0.2, -0.15) is 12.7 Å². The second kappa shape index (κ2) is 7.85. The van der Waals surface area contributed by atoms with Crippen LogP contribution in [0.4, 0.5) is 0 Å². The van der Waals surface area contributed by atoms with Crippen molar-refractivity contribution in [2.75, 3.05) is 20.1 Å². The second-order valence-corrected chi connectivity index (χ2v) is 9.01. The zero-order valence-corrected chi connectivity index (χ0v) is 15.5. The summed E-state index contributed by atoms with van der Waals surface area (Å²) in [5.74, 6) is 0.238. The van der Waals surface area contributed by atoms with Crippen molar-refractivity contribution in [3.8, 4) is 0 Å². The van der Waals surface area contributed by atoms with Gasteiger partial charge in [-0.15, -0.1) is 0 Å². The molecule has 0 bridgehead atoms. The Labute approximate surface area is 150 Å². The van der Waals surface area contributed by atoms with Crippen molar-refractivity contribution < 1.29 is 13.2 Å². The monoisotopic (exact) mass is 365 g/mol. The Morgan fingerprint density at radius 2 is 1.88 bits per heavy atom. The molecule has 1 amide bonds. The van der Waals surface area contributed by atoms with Crippen LogP contribution in [0.15, 0.2) is 30.3 Å². The molecule has 0 aromatic heterocycles. The largest absolute Gasteiger partial charge is 0.339 e. The highest BCUT2D eigenvalue weighted by Crippen LogP contribution is 2.29. The van der Waals surface area contributed by atoms with Crippen LogP contribution in [0, 0.1) is 5.92 Å². The number of rotatable bonds is 7. The number of likely N-dealkylation sites (tertiary alicyclic amines) is 1. The summed E-state index contributed by atoms with van der Waals surface area (Å²) in [6.45, 7) is 1.32. The van der Waals surface area contributed by atoms with Crippen molar-refractivity contribution in [3.05, 3.63) is 35.9 Å². The molecule has 1 aliphatic carbocycles. The molecular formula is C18H27N3O3S. The van der Waals surface area contributed by atoms with Crippen LogP contribution in [-0.4, -0.2) is 49.7 Å². The summed E-state index contributed by atoms with van der Waals surface area (Å²) in [5.41, 5.74) is 0.943. The Kier molecular flexibility index (Phi) is 5.76. The summed E-state index contributed by atoms with van der Waals surface area (Å²) in [5, 5.41) is 0. The van der Waals surface area contributed by atoms with Gasteiger partial charge in [0, 0.05) is 39.1 Å². The van der Waals surface area contributed by atoms with Gasteiger partial charge < -0.3 is 4.90 Å². The third-order valence-electron chi connectivity index (χ3n) is 5.22. The van der Waals surface area contributed by atoms with Crippen molar-refractivity contribution >= 4 is 16.1 Å². The lowest BCUT2D eigenvalue weighted by molar-refractivity contribution is -0.129. The summed E-state index contributed by atoms with van der Waals surface area (Å²) in [6, 6.07) is 9.87. The summed E-state index contributed by atoms with van der Waals surface area (Å²) in [4.78, 5) is 14.2. The average molecular weight is 365 g/mol. The molecule has 1 aliphatic heterocycles. The van der Waals surface area contributed by atoms with Crippen LogP contribution in [-0.2, 0) is 21.5 Å². The lowest BCUT2D eigenvalue weighted by Crippen LogP contribution is -2.41. The van der Waals surface area contributed by atoms with Gasteiger partial charge in [0.1, 0.15) is 0 Å². The van der Waals surface area contributed by atoms with E-state index in [1.165, 1.54) is 17.1 Å². The summed E-state index contributed by atoms with van der Waals surface area (Å²) in [7, 11) is -1.98. The van der Waals surface area contributed by atoms with E-state index in [2.05, 4.69) is 4.72 Å². The maximum Gasteiger partial charge on any atom is 0.279 e. The fourth-order valence-electron chi connectivity index (χ4n) is 3.77. The van der Waals surface area contributed by atoms with E-state index in [0.29, 0.717) is 32.1 Å². The molecule has 1 heterocycles. The van der Waals surface area contributed by atoms with Crippen molar-refractivity contribution in [2.45, 2.75) is 44.7 Å². The normalized spacial score (nSPS) is 22.2. The van der Waals surface area contributed by atoms with Crippen LogP contribution in [0.5, 0.6) is 0 Å². The maximum absolute atomic E-state index is 12.4. The molecule has 7 heteroatoms. The standard InChI is InChI=1S/C18H27N3O3S/c1-20(13-15-7-3-2-4-8-15)25(23,24)19-12-16-11-18(22)21(14-16)17-9-5-6-10-17/h2-4,7-8,16-17,19H,5-6,9-14H2,1H3/t16-/m0/s1. The maximum atomic E-state index is 12.4. The lowest BCUT2D eigenvalue weighted by atomic mass is 10.1. The molecule has 3 rings (SSSR count). The predicted octanol–water partition coefficient (Wildman–Crippen LogP) is 1.74. The highest BCUT2D eigenvalue weighted by Gasteiger charge is 2.35. The lowest BCUT2D eigenvalue weighted by Gasteiger charge is -2.24. The van der Waals surface area contributed by atoms with Crippen LogP contribution < -0.4 is 4.72 Å². The smallest absolute Gasteiger partial charge is 0.279 e. The fourth-order valence-corrected chi connectivity index (χ4v) is 4.76. The number of nitrogens with zero attached hydrogens (tertiary/aromatic N) is 2. The first-order valence-corrected chi connectivity index (χ1v) is 10.4. The molecule has 0 unspecified atom stereocenters. The minimum absolute atomic E-state index is 0.0630. The van der Waals surface area contributed by atoms with E-state index in [-0.39, 0.29) is 11.8 Å². The molecule has 2 aliphatic rings. The topological polar surface area (TPSA) is 69.7 Å². The fraction of sp³-hybridized carbons (Fsp3) is 0.611. The van der Waals surface area contributed by atoms with Gasteiger partial charge in [0.05, 0.1) is 0 Å². The zero-order valence-electron chi connectivity index (χ0n) is 14.7.